The highest BCUT2D eigenvalue weighted by Gasteiger charge is 2.43. The number of aromatic nitrogens is 4. The highest BCUT2D eigenvalue weighted by molar-refractivity contribution is 7.84. The summed E-state index contributed by atoms with van der Waals surface area (Å²) in [5, 5.41) is 29.3. The Kier molecular flexibility index (Phi) is 5.34. The van der Waals surface area contributed by atoms with Gasteiger partial charge in [-0.3, -0.25) is 4.18 Å². The van der Waals surface area contributed by atoms with Gasteiger partial charge in [0.05, 0.1) is 31.1 Å². The van der Waals surface area contributed by atoms with Crippen LogP contribution in [-0.4, -0.2) is 57.0 Å². The van der Waals surface area contributed by atoms with Gasteiger partial charge in [0.25, 0.3) is 0 Å². The average Bonchev–Trinajstić information content (AvgIpc) is 3.44. The van der Waals surface area contributed by atoms with Crippen LogP contribution in [0.2, 0.25) is 0 Å². The zero-order valence-corrected chi connectivity index (χ0v) is 17.9. The maximum absolute atomic E-state index is 11.1. The van der Waals surface area contributed by atoms with Crippen molar-refractivity contribution in [3.63, 3.8) is 0 Å². The summed E-state index contributed by atoms with van der Waals surface area (Å²) in [7, 11) is -4.14. The molecule has 5 N–H and O–H groups in total. The van der Waals surface area contributed by atoms with Crippen LogP contribution in [0.25, 0.3) is 11.2 Å². The fourth-order valence-electron chi connectivity index (χ4n) is 4.79. The number of aryl methyl sites for hydroxylation is 1. The molecule has 32 heavy (non-hydrogen) atoms. The van der Waals surface area contributed by atoms with Crippen molar-refractivity contribution in [3.05, 3.63) is 48.0 Å². The molecule has 5 atom stereocenters. The molecule has 11 nitrogen and oxygen atoms in total. The quantitative estimate of drug-likeness (QED) is 0.408. The van der Waals surface area contributed by atoms with Gasteiger partial charge in [-0.05, 0) is 30.4 Å². The summed E-state index contributed by atoms with van der Waals surface area (Å²) in [6.07, 6.45) is 2.88. The van der Waals surface area contributed by atoms with Gasteiger partial charge in [0, 0.05) is 5.92 Å². The lowest BCUT2D eigenvalue weighted by molar-refractivity contribution is -0.000990. The Hall–Kier alpha value is -2.64. The predicted molar refractivity (Wildman–Crippen MR) is 115 cm³/mol. The summed E-state index contributed by atoms with van der Waals surface area (Å²) >= 11 is 0. The molecule has 0 unspecified atom stereocenters. The Balaban J connectivity index is 1.40. The third kappa shape index (κ3) is 3.84. The van der Waals surface area contributed by atoms with Gasteiger partial charge >= 0.3 is 10.3 Å². The van der Waals surface area contributed by atoms with Crippen molar-refractivity contribution < 1.29 is 22.8 Å². The monoisotopic (exact) mass is 460 g/mol. The topological polar surface area (TPSA) is 165 Å². The standard InChI is InChI=1S/C20H24N6O5S/c21-32(29,30)31-8-12-7-15(18(28)17(12)27)26-10-24-16-19(22-9-23-20(16)26)25-14-6-5-11-3-1-2-4-13(11)14/h1-4,9-10,12,14-15,17-18,27-28H,5-8H2,(H2,21,29,30)(H,22,23,25)/t12-,14+,15-,17-,18+/m1/s1. The summed E-state index contributed by atoms with van der Waals surface area (Å²) in [6.45, 7) is -0.316. The van der Waals surface area contributed by atoms with E-state index in [2.05, 4.69) is 36.6 Å². The number of nitrogens with zero attached hydrogens (tertiary/aromatic N) is 4. The van der Waals surface area contributed by atoms with Crippen molar-refractivity contribution >= 4 is 27.3 Å². The molecule has 0 saturated heterocycles. The Morgan fingerprint density at radius 3 is 2.81 bits per heavy atom. The second-order valence-electron chi connectivity index (χ2n) is 8.30. The normalized spacial score (nSPS) is 27.7. The van der Waals surface area contributed by atoms with Gasteiger partial charge in [0.15, 0.2) is 11.5 Å². The number of fused-ring (bicyclic) bond motifs is 2. The molecule has 0 aliphatic heterocycles. The van der Waals surface area contributed by atoms with Gasteiger partial charge < -0.3 is 20.1 Å². The highest BCUT2D eigenvalue weighted by Crippen LogP contribution is 2.38. The summed E-state index contributed by atoms with van der Waals surface area (Å²) in [6, 6.07) is 7.86. The number of hydrogen-bond donors (Lipinski definition) is 4. The van der Waals surface area contributed by atoms with Crippen molar-refractivity contribution in [1.82, 2.24) is 19.5 Å². The predicted octanol–water partition coefficient (Wildman–Crippen LogP) is 0.429. The number of nitrogens with one attached hydrogen (secondary N) is 1. The van der Waals surface area contributed by atoms with Crippen LogP contribution in [0.15, 0.2) is 36.9 Å². The van der Waals surface area contributed by atoms with Crippen molar-refractivity contribution in [1.29, 1.82) is 0 Å². The van der Waals surface area contributed by atoms with Crippen LogP contribution in [0, 0.1) is 5.92 Å². The molecule has 2 aliphatic rings. The van der Waals surface area contributed by atoms with E-state index >= 15 is 0 Å². The number of nitrogens with two attached hydrogens (primary N) is 1. The summed E-state index contributed by atoms with van der Waals surface area (Å²) in [4.78, 5) is 13.2. The molecule has 0 spiro atoms. The van der Waals surface area contributed by atoms with Crippen LogP contribution >= 0.6 is 0 Å². The van der Waals surface area contributed by atoms with Gasteiger partial charge in [-0.15, -0.1) is 0 Å². The molecule has 5 rings (SSSR count). The minimum Gasteiger partial charge on any atom is -0.390 e. The first-order chi connectivity index (χ1) is 15.3. The summed E-state index contributed by atoms with van der Waals surface area (Å²) < 4.78 is 28.5. The number of aliphatic hydroxyl groups excluding tert-OH is 2. The SMILES string of the molecule is NS(=O)(=O)OC[C@H]1C[C@@H](n2cnc3c(N[C@H]4CCc5ccccc54)ncnc32)[C@H](O)[C@@H]1O. The molecule has 2 aliphatic carbocycles. The molecule has 2 heterocycles. The molecule has 0 amide bonds. The highest BCUT2D eigenvalue weighted by atomic mass is 32.2. The first-order valence-electron chi connectivity index (χ1n) is 10.4. The minimum atomic E-state index is -4.14. The van der Waals surface area contributed by atoms with Crippen LogP contribution in [0.1, 0.15) is 36.1 Å². The minimum absolute atomic E-state index is 0.119. The first kappa shape index (κ1) is 21.2. The Bertz CT molecular complexity index is 1250. The van der Waals surface area contributed by atoms with E-state index in [0.29, 0.717) is 17.0 Å². The Morgan fingerprint density at radius 2 is 2.00 bits per heavy atom. The van der Waals surface area contributed by atoms with E-state index in [1.165, 1.54) is 17.5 Å². The van der Waals surface area contributed by atoms with Gasteiger partial charge in [-0.1, -0.05) is 24.3 Å². The second-order valence-corrected chi connectivity index (χ2v) is 9.52. The molecule has 0 bridgehead atoms. The number of anilines is 1. The fraction of sp³-hybridized carbons (Fsp3) is 0.450. The van der Waals surface area contributed by atoms with E-state index in [0.717, 1.165) is 12.8 Å². The lowest BCUT2D eigenvalue weighted by atomic mass is 10.1. The smallest absolute Gasteiger partial charge is 0.333 e. The molecular formula is C20H24N6O5S. The van der Waals surface area contributed by atoms with Gasteiger partial charge in [-0.2, -0.15) is 8.42 Å². The first-order valence-corrected chi connectivity index (χ1v) is 11.8. The number of hydrogen-bond acceptors (Lipinski definition) is 9. The van der Waals surface area contributed by atoms with Crippen LogP contribution in [0.5, 0.6) is 0 Å². The van der Waals surface area contributed by atoms with Crippen LogP contribution in [-0.2, 0) is 20.9 Å². The number of imidazole rings is 1. The van der Waals surface area contributed by atoms with Crippen molar-refractivity contribution in [2.24, 2.45) is 11.1 Å². The van der Waals surface area contributed by atoms with Crippen LogP contribution in [0.3, 0.4) is 0 Å². The van der Waals surface area contributed by atoms with E-state index in [9.17, 15) is 18.6 Å². The molecule has 170 valence electrons. The van der Waals surface area contributed by atoms with E-state index < -0.39 is 34.5 Å². The molecule has 1 fully saturated rings. The van der Waals surface area contributed by atoms with Gasteiger partial charge in [-0.25, -0.2) is 20.1 Å². The fourth-order valence-corrected chi connectivity index (χ4v) is 5.16. The summed E-state index contributed by atoms with van der Waals surface area (Å²) in [5.41, 5.74) is 3.63. The number of rotatable bonds is 6. The van der Waals surface area contributed by atoms with Crippen molar-refractivity contribution in [2.75, 3.05) is 11.9 Å². The van der Waals surface area contributed by atoms with Crippen molar-refractivity contribution in [3.8, 4) is 0 Å². The van der Waals surface area contributed by atoms with Crippen molar-refractivity contribution in [2.45, 2.75) is 43.6 Å². The lowest BCUT2D eigenvalue weighted by Crippen LogP contribution is -2.31. The molecule has 2 aromatic heterocycles. The van der Waals surface area contributed by atoms with E-state index in [4.69, 9.17) is 5.14 Å². The average molecular weight is 461 g/mol. The Morgan fingerprint density at radius 1 is 1.19 bits per heavy atom. The Labute approximate surface area is 184 Å². The molecule has 1 aromatic carbocycles. The van der Waals surface area contributed by atoms with Gasteiger partial charge in [0.1, 0.15) is 17.9 Å². The van der Waals surface area contributed by atoms with Crippen LogP contribution in [0.4, 0.5) is 5.82 Å². The maximum Gasteiger partial charge on any atom is 0.333 e. The number of aliphatic hydroxyl groups is 2. The third-order valence-corrected chi connectivity index (χ3v) is 6.84. The third-order valence-electron chi connectivity index (χ3n) is 6.38. The lowest BCUT2D eigenvalue weighted by Gasteiger charge is -2.18. The zero-order valence-electron chi connectivity index (χ0n) is 17.1. The molecule has 1 saturated carbocycles. The number of benzene rings is 1. The molecule has 12 heteroatoms. The molecule has 0 radical (unpaired) electrons. The second kappa shape index (κ2) is 8.05. The van der Waals surface area contributed by atoms with E-state index in [1.807, 2.05) is 12.1 Å². The summed E-state index contributed by atoms with van der Waals surface area (Å²) in [5.74, 6) is -0.0159. The van der Waals surface area contributed by atoms with E-state index in [1.54, 1.807) is 10.9 Å². The van der Waals surface area contributed by atoms with Crippen LogP contribution < -0.4 is 10.5 Å². The molecular weight excluding hydrogens is 436 g/mol. The van der Waals surface area contributed by atoms with Gasteiger partial charge in [0.2, 0.25) is 0 Å². The largest absolute Gasteiger partial charge is 0.390 e. The van der Waals surface area contributed by atoms with E-state index in [-0.39, 0.29) is 19.1 Å². The zero-order chi connectivity index (χ0) is 22.5. The maximum atomic E-state index is 11.1. The molecule has 3 aromatic rings.